The maximum atomic E-state index is 13.6. The van der Waals surface area contributed by atoms with Crippen LogP contribution < -0.4 is 5.32 Å². The van der Waals surface area contributed by atoms with Crippen LogP contribution in [-0.4, -0.2) is 31.1 Å². The lowest BCUT2D eigenvalue weighted by Crippen LogP contribution is -2.29. The van der Waals surface area contributed by atoms with E-state index < -0.39 is 17.6 Å². The largest absolute Gasteiger partial charge is 0.416 e. The van der Waals surface area contributed by atoms with Gasteiger partial charge >= 0.3 is 6.18 Å². The second-order valence-corrected chi connectivity index (χ2v) is 4.55. The monoisotopic (exact) mass is 292 g/mol. The van der Waals surface area contributed by atoms with Crippen molar-refractivity contribution in [2.75, 3.05) is 31.5 Å². The summed E-state index contributed by atoms with van der Waals surface area (Å²) in [5.74, 6) is -0.877. The van der Waals surface area contributed by atoms with Crippen LogP contribution in [0.25, 0.3) is 0 Å². The zero-order valence-electron chi connectivity index (χ0n) is 11.7. The van der Waals surface area contributed by atoms with Gasteiger partial charge in [-0.15, -0.1) is 0 Å². The third-order valence-electron chi connectivity index (χ3n) is 3.03. The smallest absolute Gasteiger partial charge is 0.381 e. The van der Waals surface area contributed by atoms with E-state index in [9.17, 15) is 17.6 Å². The second kappa shape index (κ2) is 7.47. The normalized spacial score (nSPS) is 11.9. The first-order valence-electron chi connectivity index (χ1n) is 6.71. The molecule has 0 fully saturated rings. The summed E-state index contributed by atoms with van der Waals surface area (Å²) in [4.78, 5) is 2.19. The van der Waals surface area contributed by atoms with Gasteiger partial charge in [-0.1, -0.05) is 13.8 Å². The van der Waals surface area contributed by atoms with Gasteiger partial charge in [0.1, 0.15) is 5.82 Å². The Morgan fingerprint density at radius 1 is 1.15 bits per heavy atom. The minimum Gasteiger partial charge on any atom is -0.381 e. The maximum absolute atomic E-state index is 13.6. The van der Waals surface area contributed by atoms with Crippen LogP contribution in [0.3, 0.4) is 0 Å². The van der Waals surface area contributed by atoms with Crippen LogP contribution >= 0.6 is 0 Å². The summed E-state index contributed by atoms with van der Waals surface area (Å²) in [6, 6.07) is 2.54. The van der Waals surface area contributed by atoms with Gasteiger partial charge in [0, 0.05) is 13.1 Å². The molecule has 0 saturated carbocycles. The zero-order valence-corrected chi connectivity index (χ0v) is 11.7. The third-order valence-corrected chi connectivity index (χ3v) is 3.03. The van der Waals surface area contributed by atoms with Crippen LogP contribution in [0.1, 0.15) is 25.8 Å². The van der Waals surface area contributed by atoms with Gasteiger partial charge in [-0.2, -0.15) is 13.2 Å². The fourth-order valence-corrected chi connectivity index (χ4v) is 1.93. The molecule has 1 aromatic rings. The molecule has 2 nitrogen and oxygen atoms in total. The molecule has 1 rings (SSSR count). The van der Waals surface area contributed by atoms with Crippen molar-refractivity contribution in [3.05, 3.63) is 29.6 Å². The summed E-state index contributed by atoms with van der Waals surface area (Å²) in [7, 11) is 0. The predicted octanol–water partition coefficient (Wildman–Crippen LogP) is 3.99. The van der Waals surface area contributed by atoms with E-state index in [-0.39, 0.29) is 5.69 Å². The number of likely N-dealkylation sites (N-methyl/N-ethyl adjacent to an activating group) is 1. The van der Waals surface area contributed by atoms with Crippen LogP contribution in [0, 0.1) is 5.82 Å². The van der Waals surface area contributed by atoms with E-state index in [2.05, 4.69) is 17.1 Å². The molecule has 0 spiro atoms. The Hall–Kier alpha value is -1.30. The molecule has 0 bridgehead atoms. The summed E-state index contributed by atoms with van der Waals surface area (Å²) in [5, 5.41) is 2.83. The summed E-state index contributed by atoms with van der Waals surface area (Å²) in [6.45, 7) is 7.18. The number of nitrogens with one attached hydrogen (secondary N) is 1. The molecule has 20 heavy (non-hydrogen) atoms. The van der Waals surface area contributed by atoms with Crippen molar-refractivity contribution in [3.8, 4) is 0 Å². The first-order chi connectivity index (χ1) is 9.38. The molecule has 1 N–H and O–H groups in total. The molecule has 0 heterocycles. The molecule has 0 aromatic heterocycles. The lowest BCUT2D eigenvalue weighted by atomic mass is 10.2. The van der Waals surface area contributed by atoms with E-state index in [0.29, 0.717) is 12.6 Å². The van der Waals surface area contributed by atoms with Crippen molar-refractivity contribution < 1.29 is 17.6 Å². The van der Waals surface area contributed by atoms with E-state index in [0.717, 1.165) is 38.2 Å². The number of hydrogen-bond donors (Lipinski definition) is 1. The highest BCUT2D eigenvalue weighted by molar-refractivity contribution is 5.46. The Morgan fingerprint density at radius 2 is 1.85 bits per heavy atom. The molecule has 0 atom stereocenters. The van der Waals surface area contributed by atoms with Crippen molar-refractivity contribution in [3.63, 3.8) is 0 Å². The third kappa shape index (κ3) is 5.00. The van der Waals surface area contributed by atoms with Crippen LogP contribution in [0.15, 0.2) is 18.2 Å². The summed E-state index contributed by atoms with van der Waals surface area (Å²) >= 11 is 0. The Labute approximate surface area is 116 Å². The number of rotatable bonds is 7. The first-order valence-corrected chi connectivity index (χ1v) is 6.71. The van der Waals surface area contributed by atoms with E-state index >= 15 is 0 Å². The quantitative estimate of drug-likeness (QED) is 0.764. The standard InChI is InChI=1S/C14H20F4N2/c1-3-8-20(4-2)9-7-19-13-6-5-11(10-12(13)15)14(16,17)18/h5-6,10,19H,3-4,7-9H2,1-2H3. The Balaban J connectivity index is 2.57. The number of nitrogens with zero attached hydrogens (tertiary/aromatic N) is 1. The molecular formula is C14H20F4N2. The van der Waals surface area contributed by atoms with Gasteiger partial charge in [0.2, 0.25) is 0 Å². The molecular weight excluding hydrogens is 272 g/mol. The van der Waals surface area contributed by atoms with Crippen LogP contribution in [0.2, 0.25) is 0 Å². The Kier molecular flexibility index (Phi) is 6.26. The summed E-state index contributed by atoms with van der Waals surface area (Å²) in [5.41, 5.74) is -0.868. The molecule has 0 unspecified atom stereocenters. The fourth-order valence-electron chi connectivity index (χ4n) is 1.93. The van der Waals surface area contributed by atoms with Gasteiger partial charge in [0.05, 0.1) is 11.3 Å². The summed E-state index contributed by atoms with van der Waals surface area (Å²) in [6.07, 6.45) is -3.48. The maximum Gasteiger partial charge on any atom is 0.416 e. The molecule has 0 radical (unpaired) electrons. The highest BCUT2D eigenvalue weighted by Gasteiger charge is 2.31. The van der Waals surface area contributed by atoms with E-state index in [1.807, 2.05) is 6.92 Å². The number of alkyl halides is 3. The highest BCUT2D eigenvalue weighted by Crippen LogP contribution is 2.31. The van der Waals surface area contributed by atoms with Crippen molar-refractivity contribution >= 4 is 5.69 Å². The molecule has 0 aliphatic carbocycles. The molecule has 6 heteroatoms. The van der Waals surface area contributed by atoms with E-state index in [1.165, 1.54) is 0 Å². The Bertz CT molecular complexity index is 418. The lowest BCUT2D eigenvalue weighted by Gasteiger charge is -2.20. The summed E-state index contributed by atoms with van der Waals surface area (Å²) < 4.78 is 50.7. The average molecular weight is 292 g/mol. The second-order valence-electron chi connectivity index (χ2n) is 4.55. The number of anilines is 1. The van der Waals surface area contributed by atoms with Crippen LogP contribution in [0.5, 0.6) is 0 Å². The van der Waals surface area contributed by atoms with E-state index in [1.54, 1.807) is 0 Å². The van der Waals surface area contributed by atoms with Gasteiger partial charge < -0.3 is 10.2 Å². The van der Waals surface area contributed by atoms with Gasteiger partial charge in [0.15, 0.2) is 0 Å². The fraction of sp³-hybridized carbons (Fsp3) is 0.571. The van der Waals surface area contributed by atoms with Crippen molar-refractivity contribution in [1.29, 1.82) is 0 Å². The molecule has 0 aliphatic heterocycles. The molecule has 114 valence electrons. The predicted molar refractivity (Wildman–Crippen MR) is 72.3 cm³/mol. The lowest BCUT2D eigenvalue weighted by molar-refractivity contribution is -0.137. The van der Waals surface area contributed by atoms with Crippen LogP contribution in [0.4, 0.5) is 23.2 Å². The molecule has 0 saturated heterocycles. The van der Waals surface area contributed by atoms with Gasteiger partial charge in [-0.05, 0) is 37.7 Å². The van der Waals surface area contributed by atoms with Gasteiger partial charge in [0.25, 0.3) is 0 Å². The zero-order chi connectivity index (χ0) is 15.2. The van der Waals surface area contributed by atoms with Crippen molar-refractivity contribution in [1.82, 2.24) is 4.90 Å². The molecule has 0 aliphatic rings. The van der Waals surface area contributed by atoms with Crippen LogP contribution in [-0.2, 0) is 6.18 Å². The van der Waals surface area contributed by atoms with Crippen molar-refractivity contribution in [2.45, 2.75) is 26.4 Å². The Morgan fingerprint density at radius 3 is 2.35 bits per heavy atom. The molecule has 1 aromatic carbocycles. The topological polar surface area (TPSA) is 15.3 Å². The number of benzene rings is 1. The SMILES string of the molecule is CCCN(CC)CCNc1ccc(C(F)(F)F)cc1F. The van der Waals surface area contributed by atoms with E-state index in [4.69, 9.17) is 0 Å². The number of hydrogen-bond acceptors (Lipinski definition) is 2. The average Bonchev–Trinajstić information content (AvgIpc) is 2.38. The van der Waals surface area contributed by atoms with Gasteiger partial charge in [-0.3, -0.25) is 0 Å². The minimum absolute atomic E-state index is 0.102. The molecule has 0 amide bonds. The highest BCUT2D eigenvalue weighted by atomic mass is 19.4. The minimum atomic E-state index is -4.51. The van der Waals surface area contributed by atoms with Crippen molar-refractivity contribution in [2.24, 2.45) is 0 Å². The van der Waals surface area contributed by atoms with Gasteiger partial charge in [-0.25, -0.2) is 4.39 Å². The number of halogens is 4. The first kappa shape index (κ1) is 16.8.